The fourth-order valence-corrected chi connectivity index (χ4v) is 4.17. The van der Waals surface area contributed by atoms with Gasteiger partial charge in [-0.25, -0.2) is 19.6 Å². The first-order chi connectivity index (χ1) is 15.0. The summed E-state index contributed by atoms with van der Waals surface area (Å²) in [6.45, 7) is 4.10. The van der Waals surface area contributed by atoms with Gasteiger partial charge in [0.25, 0.3) is 5.56 Å². The van der Waals surface area contributed by atoms with Crippen molar-refractivity contribution in [2.45, 2.75) is 20.4 Å². The number of hydrogen-bond donors (Lipinski definition) is 1. The van der Waals surface area contributed by atoms with Gasteiger partial charge in [0.1, 0.15) is 23.3 Å². The van der Waals surface area contributed by atoms with Crippen LogP contribution >= 0.6 is 11.6 Å². The molecule has 4 aromatic heterocycles. The molecular formula is C22H18ClN7O. The Labute approximate surface area is 182 Å². The summed E-state index contributed by atoms with van der Waals surface area (Å²) in [6.07, 6.45) is 3.04. The summed E-state index contributed by atoms with van der Waals surface area (Å²) in [4.78, 5) is 26.4. The molecule has 4 heterocycles. The first-order valence-corrected chi connectivity index (χ1v) is 10.0. The van der Waals surface area contributed by atoms with Crippen molar-refractivity contribution in [1.82, 2.24) is 29.3 Å². The van der Waals surface area contributed by atoms with E-state index in [4.69, 9.17) is 17.3 Å². The third-order valence-corrected chi connectivity index (χ3v) is 5.62. The number of fused-ring (bicyclic) bond motifs is 2. The Morgan fingerprint density at radius 2 is 1.84 bits per heavy atom. The van der Waals surface area contributed by atoms with Crippen LogP contribution in [0, 0.1) is 13.8 Å². The molecule has 0 radical (unpaired) electrons. The van der Waals surface area contributed by atoms with Gasteiger partial charge in [-0.15, -0.1) is 0 Å². The number of benzene rings is 1. The van der Waals surface area contributed by atoms with E-state index in [1.807, 2.05) is 50.2 Å². The molecule has 0 spiro atoms. The average molecular weight is 432 g/mol. The molecule has 8 nitrogen and oxygen atoms in total. The van der Waals surface area contributed by atoms with E-state index in [-0.39, 0.29) is 23.1 Å². The molecule has 2 N–H and O–H groups in total. The number of anilines is 1. The van der Waals surface area contributed by atoms with Crippen molar-refractivity contribution in [1.29, 1.82) is 0 Å². The largest absolute Gasteiger partial charge is 0.383 e. The second-order valence-electron chi connectivity index (χ2n) is 7.37. The van der Waals surface area contributed by atoms with Crippen LogP contribution in [0.15, 0.2) is 53.7 Å². The van der Waals surface area contributed by atoms with Crippen molar-refractivity contribution in [2.24, 2.45) is 0 Å². The van der Waals surface area contributed by atoms with Gasteiger partial charge < -0.3 is 5.73 Å². The molecule has 9 heteroatoms. The van der Waals surface area contributed by atoms with Gasteiger partial charge in [-0.05, 0) is 42.5 Å². The number of halogens is 1. The van der Waals surface area contributed by atoms with E-state index in [2.05, 4.69) is 20.1 Å². The highest BCUT2D eigenvalue weighted by Gasteiger charge is 2.19. The van der Waals surface area contributed by atoms with Gasteiger partial charge in [-0.2, -0.15) is 5.10 Å². The Balaban J connectivity index is 1.82. The van der Waals surface area contributed by atoms with Crippen LogP contribution in [0.4, 0.5) is 5.82 Å². The number of nitrogen functional groups attached to an aromatic ring is 1. The molecule has 0 fully saturated rings. The highest BCUT2D eigenvalue weighted by atomic mass is 35.5. The van der Waals surface area contributed by atoms with Gasteiger partial charge in [0.15, 0.2) is 10.8 Å². The smallest absolute Gasteiger partial charge is 0.264 e. The van der Waals surface area contributed by atoms with Gasteiger partial charge in [-0.3, -0.25) is 9.36 Å². The monoisotopic (exact) mass is 431 g/mol. The van der Waals surface area contributed by atoms with Crippen molar-refractivity contribution < 1.29 is 0 Å². The second-order valence-corrected chi connectivity index (χ2v) is 7.72. The Bertz CT molecular complexity index is 1540. The maximum atomic E-state index is 13.7. The topological polar surface area (TPSA) is 105 Å². The van der Waals surface area contributed by atoms with Crippen molar-refractivity contribution in [3.63, 3.8) is 0 Å². The minimum Gasteiger partial charge on any atom is -0.383 e. The molecule has 0 saturated carbocycles. The molecule has 0 aliphatic carbocycles. The van der Waals surface area contributed by atoms with Gasteiger partial charge in [0, 0.05) is 6.20 Å². The number of rotatable bonds is 3. The first-order valence-electron chi connectivity index (χ1n) is 9.64. The zero-order valence-corrected chi connectivity index (χ0v) is 17.6. The van der Waals surface area contributed by atoms with Crippen LogP contribution in [-0.4, -0.2) is 29.3 Å². The first kappa shape index (κ1) is 19.2. The third kappa shape index (κ3) is 3.03. The van der Waals surface area contributed by atoms with E-state index in [0.29, 0.717) is 27.9 Å². The number of aromatic nitrogens is 6. The van der Waals surface area contributed by atoms with Gasteiger partial charge in [0.2, 0.25) is 0 Å². The summed E-state index contributed by atoms with van der Waals surface area (Å²) in [7, 11) is 0. The minimum absolute atomic E-state index is 0.135. The number of aryl methyl sites for hydroxylation is 2. The lowest BCUT2D eigenvalue weighted by molar-refractivity contribution is 0.666. The van der Waals surface area contributed by atoms with Crippen molar-refractivity contribution in [3.05, 3.63) is 81.3 Å². The zero-order chi connectivity index (χ0) is 21.7. The Morgan fingerprint density at radius 1 is 1.03 bits per heavy atom. The summed E-state index contributed by atoms with van der Waals surface area (Å²) in [6, 6.07) is 11.5. The molecule has 1 aromatic carbocycles. The maximum absolute atomic E-state index is 13.7. The summed E-state index contributed by atoms with van der Waals surface area (Å²) in [5.74, 6) is 0.831. The molecular weight excluding hydrogens is 414 g/mol. The van der Waals surface area contributed by atoms with Crippen LogP contribution in [0.3, 0.4) is 0 Å². The molecule has 31 heavy (non-hydrogen) atoms. The molecule has 154 valence electrons. The number of nitrogens with zero attached hydrogens (tertiary/aromatic N) is 6. The van der Waals surface area contributed by atoms with E-state index in [1.165, 1.54) is 6.33 Å². The highest BCUT2D eigenvalue weighted by molar-refractivity contribution is 6.35. The highest BCUT2D eigenvalue weighted by Crippen LogP contribution is 2.26. The lowest BCUT2D eigenvalue weighted by atomic mass is 10.1. The van der Waals surface area contributed by atoms with E-state index in [0.717, 1.165) is 16.5 Å². The molecule has 5 aromatic rings. The number of nitrogens with two attached hydrogens (primary N) is 1. The van der Waals surface area contributed by atoms with E-state index < -0.39 is 0 Å². The van der Waals surface area contributed by atoms with Crippen molar-refractivity contribution >= 4 is 39.2 Å². The van der Waals surface area contributed by atoms with Crippen LogP contribution < -0.4 is 11.3 Å². The Hall–Kier alpha value is -3.78. The molecule has 0 aliphatic rings. The molecule has 0 saturated heterocycles. The Morgan fingerprint density at radius 3 is 2.65 bits per heavy atom. The normalized spacial score (nSPS) is 11.5. The predicted molar refractivity (Wildman–Crippen MR) is 121 cm³/mol. The molecule has 5 rings (SSSR count). The summed E-state index contributed by atoms with van der Waals surface area (Å²) < 4.78 is 3.26. The number of pyridine rings is 2. The van der Waals surface area contributed by atoms with Gasteiger partial charge >= 0.3 is 0 Å². The lowest BCUT2D eigenvalue weighted by Gasteiger charge is -2.16. The summed E-state index contributed by atoms with van der Waals surface area (Å²) in [5, 5.41) is 6.61. The minimum atomic E-state index is -0.135. The molecule has 0 amide bonds. The van der Waals surface area contributed by atoms with Crippen molar-refractivity contribution in [2.75, 3.05) is 5.73 Å². The van der Waals surface area contributed by atoms with Crippen LogP contribution in [0.5, 0.6) is 0 Å². The molecule has 0 aliphatic heterocycles. The fraction of sp³-hybridized carbons (Fsp3) is 0.136. The second kappa shape index (κ2) is 7.17. The third-order valence-electron chi connectivity index (χ3n) is 5.35. The van der Waals surface area contributed by atoms with E-state index in [1.54, 1.807) is 15.4 Å². The quantitative estimate of drug-likeness (QED) is 0.469. The summed E-state index contributed by atoms with van der Waals surface area (Å²) >= 11 is 6.31. The van der Waals surface area contributed by atoms with Crippen LogP contribution in [-0.2, 0) is 6.54 Å². The molecule has 0 unspecified atom stereocenters. The Kier molecular flexibility index (Phi) is 4.44. The van der Waals surface area contributed by atoms with E-state index in [9.17, 15) is 4.79 Å². The standard InChI is InChI=1S/C22H18ClN7O/c1-12-5-3-7-14-9-15(10-29-21-17(18(23)28-29)19(24)26-11-27-21)30(22(31)16(12)14)20-13(2)6-4-8-25-20/h3-9,11H,10H2,1-2H3,(H2,24,26,27). The SMILES string of the molecule is Cc1cccnc1-n1c(Cn2nc(Cl)c3c(N)ncnc32)cc2cccc(C)c2c1=O. The number of hydrogen-bond acceptors (Lipinski definition) is 6. The van der Waals surface area contributed by atoms with Crippen LogP contribution in [0.2, 0.25) is 5.15 Å². The molecule has 0 atom stereocenters. The summed E-state index contributed by atoms with van der Waals surface area (Å²) in [5.41, 5.74) is 8.82. The zero-order valence-electron chi connectivity index (χ0n) is 16.9. The van der Waals surface area contributed by atoms with Gasteiger partial charge in [-0.1, -0.05) is 35.9 Å². The van der Waals surface area contributed by atoms with Crippen LogP contribution in [0.25, 0.3) is 27.6 Å². The van der Waals surface area contributed by atoms with Crippen molar-refractivity contribution in [3.8, 4) is 5.82 Å². The molecule has 0 bridgehead atoms. The maximum Gasteiger partial charge on any atom is 0.264 e. The van der Waals surface area contributed by atoms with E-state index >= 15 is 0 Å². The van der Waals surface area contributed by atoms with Gasteiger partial charge in [0.05, 0.1) is 17.6 Å². The van der Waals surface area contributed by atoms with Crippen LogP contribution in [0.1, 0.15) is 16.8 Å². The predicted octanol–water partition coefficient (Wildman–Crippen LogP) is 3.43. The lowest BCUT2D eigenvalue weighted by Crippen LogP contribution is -2.25. The average Bonchev–Trinajstić information content (AvgIpc) is 3.05. The fourth-order valence-electron chi connectivity index (χ4n) is 3.90.